The number of anilines is 1. The fourth-order valence-electron chi connectivity index (χ4n) is 2.53. The van der Waals surface area contributed by atoms with Gasteiger partial charge >= 0.3 is 0 Å². The van der Waals surface area contributed by atoms with E-state index in [1.165, 1.54) is 5.56 Å². The molecule has 4 heteroatoms. The molecule has 1 aromatic heterocycles. The summed E-state index contributed by atoms with van der Waals surface area (Å²) in [5.41, 5.74) is 2.47. The van der Waals surface area contributed by atoms with Gasteiger partial charge in [-0.3, -0.25) is 5.32 Å². The molecule has 1 aromatic carbocycles. The molecule has 1 unspecified atom stereocenters. The number of amides is 1. The summed E-state index contributed by atoms with van der Waals surface area (Å²) in [6, 6.07) is 12.5. The lowest BCUT2D eigenvalue weighted by Crippen LogP contribution is -2.29. The minimum absolute atomic E-state index is 0.126. The molecule has 22 heavy (non-hydrogen) atoms. The first-order valence-electron chi connectivity index (χ1n) is 7.83. The van der Waals surface area contributed by atoms with Gasteiger partial charge in [0.15, 0.2) is 0 Å². The molecule has 0 fully saturated rings. The summed E-state index contributed by atoms with van der Waals surface area (Å²) >= 11 is 0. The highest BCUT2D eigenvalue weighted by atomic mass is 32.2. The number of unbranched alkanes of at least 4 members (excludes halogenated alkanes) is 1. The number of carboxylic acid groups (broad SMARTS) is 1. The zero-order chi connectivity index (χ0) is 15.8. The highest BCUT2D eigenvalue weighted by molar-refractivity contribution is 7.33. The predicted octanol–water partition coefficient (Wildman–Crippen LogP) is 4.17. The first-order chi connectivity index (χ1) is 10.7. The Labute approximate surface area is 135 Å². The second-order valence-electron chi connectivity index (χ2n) is 5.40. The Morgan fingerprint density at radius 3 is 2.59 bits per heavy atom. The highest BCUT2D eigenvalue weighted by Crippen LogP contribution is 2.37. The third-order valence-electron chi connectivity index (χ3n) is 3.68. The van der Waals surface area contributed by atoms with Gasteiger partial charge in [-0.2, -0.15) is 0 Å². The Balaban J connectivity index is 1.99. The van der Waals surface area contributed by atoms with E-state index in [4.69, 9.17) is 0 Å². The molecule has 0 bridgehead atoms. The van der Waals surface area contributed by atoms with Crippen LogP contribution in [0.15, 0.2) is 41.8 Å². The van der Waals surface area contributed by atoms with E-state index in [1.54, 1.807) is 0 Å². The summed E-state index contributed by atoms with van der Waals surface area (Å²) in [6.45, 7) is 2.14. The van der Waals surface area contributed by atoms with Gasteiger partial charge in [0, 0.05) is 28.5 Å². The number of nitrogens with one attached hydrogen (secondary N) is 1. The zero-order valence-electron chi connectivity index (χ0n) is 13.0. The van der Waals surface area contributed by atoms with Gasteiger partial charge in [-0.05, 0) is 24.8 Å². The molecule has 1 atom stereocenters. The molecule has 1 heterocycles. The number of benzene rings is 1. The van der Waals surface area contributed by atoms with Crippen LogP contribution in [0.3, 0.4) is 0 Å². The molecular formula is C18H23NO2S. The lowest BCUT2D eigenvalue weighted by atomic mass is 10.1. The Morgan fingerprint density at radius 2 is 1.91 bits per heavy atom. The maximum absolute atomic E-state index is 10.9. The van der Waals surface area contributed by atoms with Crippen molar-refractivity contribution in [2.75, 3.05) is 5.32 Å². The predicted molar refractivity (Wildman–Crippen MR) is 91.3 cm³/mol. The van der Waals surface area contributed by atoms with E-state index in [0.29, 0.717) is 0 Å². The minimum Gasteiger partial charge on any atom is -0.530 e. The lowest BCUT2D eigenvalue weighted by Gasteiger charge is -2.05. The van der Waals surface area contributed by atoms with Crippen LogP contribution in [0.5, 0.6) is 0 Å². The Hall–Kier alpha value is -1.81. The summed E-state index contributed by atoms with van der Waals surface area (Å²) < 4.78 is 0. The Morgan fingerprint density at radius 1 is 1.14 bits per heavy atom. The number of carbonyl (C=O) groups excluding carboxylic acids is 1. The molecular weight excluding hydrogens is 294 g/mol. The van der Waals surface area contributed by atoms with Gasteiger partial charge in [0.05, 0.1) is 0 Å². The van der Waals surface area contributed by atoms with E-state index in [0.717, 1.165) is 48.4 Å². The van der Waals surface area contributed by atoms with Crippen LogP contribution >= 0.6 is 10.5 Å². The molecule has 1 amide bonds. The van der Waals surface area contributed by atoms with Gasteiger partial charge in [-0.15, -0.1) is 0 Å². The fourth-order valence-corrected chi connectivity index (χ4v) is 4.51. The van der Waals surface area contributed by atoms with Crippen LogP contribution in [0.1, 0.15) is 37.3 Å². The molecule has 118 valence electrons. The van der Waals surface area contributed by atoms with Crippen molar-refractivity contribution in [2.45, 2.75) is 44.8 Å². The second kappa shape index (κ2) is 8.59. The number of rotatable bonds is 8. The average molecular weight is 317 g/mol. The molecule has 0 aliphatic carbocycles. The summed E-state index contributed by atoms with van der Waals surface area (Å²) in [6.07, 6.45) is 4.01. The summed E-state index contributed by atoms with van der Waals surface area (Å²) in [7, 11) is -0.126. The van der Waals surface area contributed by atoms with Gasteiger partial charge in [-0.1, -0.05) is 43.7 Å². The molecule has 0 spiro atoms. The normalized spacial score (nSPS) is 11.4. The number of hydrogen-bond donors (Lipinski definition) is 1. The van der Waals surface area contributed by atoms with Crippen LogP contribution < -0.4 is 10.4 Å². The van der Waals surface area contributed by atoms with E-state index in [1.807, 2.05) is 6.07 Å². The monoisotopic (exact) mass is 317 g/mol. The second-order valence-corrected chi connectivity index (χ2v) is 7.34. The van der Waals surface area contributed by atoms with Crippen molar-refractivity contribution in [3.63, 3.8) is 0 Å². The number of carbonyl (C=O) groups is 1. The number of aryl methyl sites for hydroxylation is 3. The van der Waals surface area contributed by atoms with E-state index in [-0.39, 0.29) is 10.5 Å². The van der Waals surface area contributed by atoms with Gasteiger partial charge < -0.3 is 9.90 Å². The number of thiophene rings is 1. The molecule has 0 radical (unpaired) electrons. The first kappa shape index (κ1) is 16.6. The van der Waals surface area contributed by atoms with E-state index < -0.39 is 6.09 Å². The van der Waals surface area contributed by atoms with E-state index in [9.17, 15) is 9.90 Å². The SMILES string of the molecule is CCCCc1cc[s+](CCCc2ccccc2)c1NC(=O)[O-]. The molecule has 0 aliphatic heterocycles. The van der Waals surface area contributed by atoms with Crippen LogP contribution in [0.25, 0.3) is 0 Å². The molecule has 2 rings (SSSR count). The summed E-state index contributed by atoms with van der Waals surface area (Å²) in [5, 5.41) is 16.5. The van der Waals surface area contributed by atoms with Crippen molar-refractivity contribution in [3.8, 4) is 0 Å². The lowest BCUT2D eigenvalue weighted by molar-refractivity contribution is -0.242. The van der Waals surface area contributed by atoms with Crippen molar-refractivity contribution in [2.24, 2.45) is 0 Å². The van der Waals surface area contributed by atoms with Gasteiger partial charge in [0.2, 0.25) is 5.00 Å². The molecule has 3 nitrogen and oxygen atoms in total. The Bertz CT molecular complexity index is 592. The number of hydrogen-bond acceptors (Lipinski definition) is 2. The van der Waals surface area contributed by atoms with Crippen LogP contribution in [0.2, 0.25) is 0 Å². The molecule has 0 saturated heterocycles. The summed E-state index contributed by atoms with van der Waals surface area (Å²) in [4.78, 5) is 10.9. The third kappa shape index (κ3) is 4.88. The van der Waals surface area contributed by atoms with Crippen molar-refractivity contribution < 1.29 is 9.90 Å². The first-order valence-corrected chi connectivity index (χ1v) is 9.29. The van der Waals surface area contributed by atoms with Crippen LogP contribution in [0.4, 0.5) is 9.80 Å². The standard InChI is InChI=1S/C18H23NO2S/c1-2-3-11-16-12-14-22(17(16)19-18(20)21)13-7-10-15-8-5-4-6-9-15/h4-6,8-9,12,14,19H,2-3,7,10-11,13H2,1H3. The van der Waals surface area contributed by atoms with Crippen LogP contribution in [-0.2, 0) is 18.6 Å². The molecule has 1 N–H and O–H groups in total. The smallest absolute Gasteiger partial charge is 0.248 e. The van der Waals surface area contributed by atoms with E-state index in [2.05, 4.69) is 48.0 Å². The summed E-state index contributed by atoms with van der Waals surface area (Å²) in [5.74, 6) is 0.983. The third-order valence-corrected chi connectivity index (χ3v) is 5.76. The van der Waals surface area contributed by atoms with Crippen LogP contribution in [0, 0.1) is 0 Å². The van der Waals surface area contributed by atoms with Gasteiger partial charge in [-0.25, -0.2) is 0 Å². The van der Waals surface area contributed by atoms with Gasteiger partial charge in [0.1, 0.15) is 17.2 Å². The quantitative estimate of drug-likeness (QED) is 0.743. The fraction of sp³-hybridized carbons (Fsp3) is 0.389. The highest BCUT2D eigenvalue weighted by Gasteiger charge is 2.19. The topological polar surface area (TPSA) is 52.2 Å². The zero-order valence-corrected chi connectivity index (χ0v) is 13.8. The van der Waals surface area contributed by atoms with E-state index >= 15 is 0 Å². The largest absolute Gasteiger partial charge is 0.530 e. The van der Waals surface area contributed by atoms with Crippen LogP contribution in [-0.4, -0.2) is 6.09 Å². The maximum Gasteiger partial charge on any atom is 0.248 e. The van der Waals surface area contributed by atoms with Crippen molar-refractivity contribution in [3.05, 3.63) is 52.9 Å². The minimum atomic E-state index is -1.20. The average Bonchev–Trinajstić information content (AvgIpc) is 2.88. The van der Waals surface area contributed by atoms with Crippen molar-refractivity contribution in [1.82, 2.24) is 0 Å². The maximum atomic E-state index is 10.9. The van der Waals surface area contributed by atoms with Crippen molar-refractivity contribution in [1.29, 1.82) is 0 Å². The Kier molecular flexibility index (Phi) is 6.46. The molecule has 2 aromatic rings. The molecule has 0 aliphatic rings. The van der Waals surface area contributed by atoms with Crippen molar-refractivity contribution >= 4 is 21.6 Å². The van der Waals surface area contributed by atoms with Gasteiger partial charge in [0.25, 0.3) is 0 Å². The molecule has 0 saturated carbocycles.